The molecular formula is C35H37N3O2S. The molecule has 0 saturated heterocycles. The highest BCUT2D eigenvalue weighted by atomic mass is 32.2. The average Bonchev–Trinajstić information content (AvgIpc) is 3.05. The fourth-order valence-corrected chi connectivity index (χ4v) is 5.45. The Bertz CT molecular complexity index is 1510. The number of Topliss-reactive ketones (excluding diaryl/α,β-unsaturated/α-hetero) is 1. The molecule has 210 valence electrons. The standard InChI is InChI=1S/C35H37N3O2S/c1-8-11-16-27(10-3)38(28-17-13-12-14-18-28)32-20-19-31-34(37-32)35(6,7)24(4)21-29(41-31)22-26(23-39)33(40)30(15-9-2)25(5)36/h8-23,25H,2-4,36H2,1,5-7H3/b11-8-,26-22-,27-16+,30-15+. The first-order valence-corrected chi connectivity index (χ1v) is 14.1. The van der Waals surface area contributed by atoms with Crippen molar-refractivity contribution in [3.63, 3.8) is 0 Å². The second-order valence-electron chi connectivity index (χ2n) is 10.0. The number of para-hydroxylation sites is 1. The van der Waals surface area contributed by atoms with Gasteiger partial charge < -0.3 is 5.73 Å². The lowest BCUT2D eigenvalue weighted by Crippen LogP contribution is -2.25. The second-order valence-corrected chi connectivity index (χ2v) is 11.1. The molecule has 2 N–H and O–H groups in total. The molecule has 41 heavy (non-hydrogen) atoms. The highest BCUT2D eigenvalue weighted by molar-refractivity contribution is 8.03. The van der Waals surface area contributed by atoms with E-state index in [-0.39, 0.29) is 5.57 Å². The number of aromatic nitrogens is 1. The van der Waals surface area contributed by atoms with Crippen LogP contribution < -0.4 is 10.6 Å². The van der Waals surface area contributed by atoms with E-state index in [2.05, 4.69) is 38.5 Å². The minimum atomic E-state index is -0.549. The first-order chi connectivity index (χ1) is 19.6. The highest BCUT2D eigenvalue weighted by Crippen LogP contribution is 2.45. The van der Waals surface area contributed by atoms with Gasteiger partial charge in [-0.1, -0.05) is 87.8 Å². The van der Waals surface area contributed by atoms with Gasteiger partial charge in [-0.05, 0) is 68.0 Å². The number of carbonyl (C=O) groups excluding carboxylic acids is 2. The zero-order chi connectivity index (χ0) is 30.2. The summed E-state index contributed by atoms with van der Waals surface area (Å²) in [5, 5.41) is 0. The molecule has 0 fully saturated rings. The van der Waals surface area contributed by atoms with Crippen molar-refractivity contribution in [1.82, 2.24) is 4.98 Å². The molecule has 1 unspecified atom stereocenters. The number of hydrogen-bond acceptors (Lipinski definition) is 6. The van der Waals surface area contributed by atoms with E-state index in [9.17, 15) is 9.59 Å². The zero-order valence-electron chi connectivity index (χ0n) is 24.1. The second kappa shape index (κ2) is 13.9. The SMILES string of the molecule is C=C/C=C(/C(=O)/C(C=O)=C\C1=CC(=C)C(C)(C)c2nc(N(/C(C=C)=C/C=C\C)c3ccccc3)ccc2S1)C(C)N. The number of aldehydes is 1. The van der Waals surface area contributed by atoms with Gasteiger partial charge in [-0.15, -0.1) is 0 Å². The molecular weight excluding hydrogens is 526 g/mol. The molecule has 1 aliphatic heterocycles. The predicted molar refractivity (Wildman–Crippen MR) is 173 cm³/mol. The van der Waals surface area contributed by atoms with Crippen molar-refractivity contribution in [2.45, 2.75) is 44.0 Å². The van der Waals surface area contributed by atoms with Crippen LogP contribution in [-0.4, -0.2) is 23.1 Å². The molecule has 6 heteroatoms. The van der Waals surface area contributed by atoms with Gasteiger partial charge in [-0.3, -0.25) is 14.5 Å². The van der Waals surface area contributed by atoms with Crippen LogP contribution in [0.2, 0.25) is 0 Å². The lowest BCUT2D eigenvalue weighted by molar-refractivity contribution is -0.115. The molecule has 1 aromatic carbocycles. The summed E-state index contributed by atoms with van der Waals surface area (Å²) in [6.45, 7) is 19.8. The number of thioether (sulfide) groups is 1. The summed E-state index contributed by atoms with van der Waals surface area (Å²) in [7, 11) is 0. The molecule has 2 aromatic rings. The molecule has 1 aliphatic rings. The Balaban J connectivity index is 2.15. The minimum Gasteiger partial charge on any atom is -0.324 e. The summed E-state index contributed by atoms with van der Waals surface area (Å²) in [5.74, 6) is 0.300. The van der Waals surface area contributed by atoms with Crippen molar-refractivity contribution < 1.29 is 9.59 Å². The third-order valence-electron chi connectivity index (χ3n) is 6.69. The molecule has 1 atom stereocenters. The van der Waals surface area contributed by atoms with Crippen LogP contribution in [0.4, 0.5) is 11.5 Å². The number of carbonyl (C=O) groups is 2. The van der Waals surface area contributed by atoms with E-state index >= 15 is 0 Å². The average molecular weight is 564 g/mol. The van der Waals surface area contributed by atoms with Gasteiger partial charge in [0.25, 0.3) is 0 Å². The van der Waals surface area contributed by atoms with Gasteiger partial charge in [0.15, 0.2) is 12.1 Å². The summed E-state index contributed by atoms with van der Waals surface area (Å²) in [4.78, 5) is 34.0. The lowest BCUT2D eigenvalue weighted by atomic mass is 9.81. The largest absolute Gasteiger partial charge is 0.324 e. The third kappa shape index (κ3) is 7.09. The van der Waals surface area contributed by atoms with Crippen molar-refractivity contribution in [2.24, 2.45) is 5.73 Å². The van der Waals surface area contributed by atoms with Crippen LogP contribution in [0.1, 0.15) is 33.4 Å². The van der Waals surface area contributed by atoms with Crippen molar-refractivity contribution in [3.05, 3.63) is 144 Å². The van der Waals surface area contributed by atoms with Crippen LogP contribution >= 0.6 is 11.8 Å². The number of allylic oxidation sites excluding steroid dienone is 10. The molecule has 2 heterocycles. The number of hydrogen-bond donors (Lipinski definition) is 1. The molecule has 0 radical (unpaired) electrons. The van der Waals surface area contributed by atoms with E-state index in [4.69, 9.17) is 10.7 Å². The van der Waals surface area contributed by atoms with Crippen LogP contribution in [0.15, 0.2) is 143 Å². The van der Waals surface area contributed by atoms with Crippen LogP contribution in [0.5, 0.6) is 0 Å². The highest BCUT2D eigenvalue weighted by Gasteiger charge is 2.32. The molecule has 0 spiro atoms. The molecule has 0 saturated carbocycles. The zero-order valence-corrected chi connectivity index (χ0v) is 24.9. The number of pyridine rings is 1. The Kier molecular flexibility index (Phi) is 10.6. The van der Waals surface area contributed by atoms with Gasteiger partial charge in [0, 0.05) is 38.2 Å². The quantitative estimate of drug-likeness (QED) is 0.0987. The number of nitrogens with zero attached hydrogens (tertiary/aromatic N) is 2. The van der Waals surface area contributed by atoms with Crippen LogP contribution in [0.25, 0.3) is 0 Å². The summed E-state index contributed by atoms with van der Waals surface area (Å²) in [6, 6.07) is 13.4. The van der Waals surface area contributed by atoms with Crippen molar-refractivity contribution in [2.75, 3.05) is 4.90 Å². The van der Waals surface area contributed by atoms with Crippen molar-refractivity contribution in [3.8, 4) is 0 Å². The van der Waals surface area contributed by atoms with E-state index in [0.29, 0.717) is 16.8 Å². The Hall–Kier alpha value is -4.26. The third-order valence-corrected chi connectivity index (χ3v) is 7.71. The summed E-state index contributed by atoms with van der Waals surface area (Å²) < 4.78 is 0. The predicted octanol–water partition coefficient (Wildman–Crippen LogP) is 7.84. The number of benzene rings is 1. The van der Waals surface area contributed by atoms with Gasteiger partial charge in [-0.25, -0.2) is 4.98 Å². The first-order valence-electron chi connectivity index (χ1n) is 13.3. The summed E-state index contributed by atoms with van der Waals surface area (Å²) >= 11 is 1.44. The summed E-state index contributed by atoms with van der Waals surface area (Å²) in [6.07, 6.45) is 14.8. The number of fused-ring (bicyclic) bond motifs is 1. The van der Waals surface area contributed by atoms with Gasteiger partial charge >= 0.3 is 0 Å². The van der Waals surface area contributed by atoms with E-state index in [1.807, 2.05) is 73.7 Å². The Morgan fingerprint density at radius 3 is 2.41 bits per heavy atom. The summed E-state index contributed by atoms with van der Waals surface area (Å²) in [5.41, 5.74) is 9.22. The Labute approximate surface area is 247 Å². The number of anilines is 2. The molecule has 3 rings (SSSR count). The Morgan fingerprint density at radius 1 is 1.12 bits per heavy atom. The van der Waals surface area contributed by atoms with Gasteiger partial charge in [-0.2, -0.15) is 0 Å². The van der Waals surface area contributed by atoms with E-state index in [0.717, 1.165) is 33.4 Å². The van der Waals surface area contributed by atoms with Crippen LogP contribution in [-0.2, 0) is 15.0 Å². The van der Waals surface area contributed by atoms with Crippen molar-refractivity contribution in [1.29, 1.82) is 0 Å². The fourth-order valence-electron chi connectivity index (χ4n) is 4.28. The number of ketones is 1. The molecule has 5 nitrogen and oxygen atoms in total. The smallest absolute Gasteiger partial charge is 0.193 e. The number of nitrogens with two attached hydrogens (primary N) is 1. The van der Waals surface area contributed by atoms with E-state index in [1.54, 1.807) is 25.2 Å². The topological polar surface area (TPSA) is 76.3 Å². The molecule has 0 amide bonds. The van der Waals surface area contributed by atoms with Gasteiger partial charge in [0.05, 0.1) is 11.3 Å². The first kappa shape index (κ1) is 31.3. The fraction of sp³-hybridized carbons (Fsp3) is 0.171. The van der Waals surface area contributed by atoms with Gasteiger partial charge in [0.1, 0.15) is 5.82 Å². The lowest BCUT2D eigenvalue weighted by Gasteiger charge is -2.29. The van der Waals surface area contributed by atoms with Crippen molar-refractivity contribution >= 4 is 35.3 Å². The number of rotatable bonds is 11. The van der Waals surface area contributed by atoms with Crippen LogP contribution in [0, 0.1) is 0 Å². The Morgan fingerprint density at radius 2 is 1.83 bits per heavy atom. The minimum absolute atomic E-state index is 0.00720. The normalized spacial score (nSPS) is 16.4. The van der Waals surface area contributed by atoms with E-state index < -0.39 is 17.2 Å². The van der Waals surface area contributed by atoms with Gasteiger partial charge in [0.2, 0.25) is 0 Å². The molecule has 0 bridgehead atoms. The molecule has 0 aliphatic carbocycles. The molecule has 1 aromatic heterocycles. The maximum Gasteiger partial charge on any atom is 0.193 e. The maximum absolute atomic E-state index is 13.2. The maximum atomic E-state index is 13.2. The van der Waals surface area contributed by atoms with E-state index in [1.165, 1.54) is 17.8 Å². The monoisotopic (exact) mass is 563 g/mol. The van der Waals surface area contributed by atoms with Crippen LogP contribution in [0.3, 0.4) is 0 Å².